The molecule has 0 saturated heterocycles. The fraction of sp³-hybridized carbons (Fsp3) is 0.586. The van der Waals surface area contributed by atoms with Crippen molar-refractivity contribution in [1.29, 1.82) is 0 Å². The third-order valence-electron chi connectivity index (χ3n) is 7.19. The van der Waals surface area contributed by atoms with Gasteiger partial charge in [-0.2, -0.15) is 13.2 Å². The Kier molecular flexibility index (Phi) is 13.9. The average Bonchev–Trinajstić information content (AvgIpc) is 2.92. The van der Waals surface area contributed by atoms with E-state index in [1.165, 1.54) is 25.0 Å². The van der Waals surface area contributed by atoms with E-state index in [2.05, 4.69) is 49.7 Å². The molecule has 0 heterocycles. The van der Waals surface area contributed by atoms with Crippen molar-refractivity contribution >= 4 is 42.8 Å². The molecule has 0 bridgehead atoms. The summed E-state index contributed by atoms with van der Waals surface area (Å²) < 4.78 is 85.9. The molecule has 42 heavy (non-hydrogen) atoms. The van der Waals surface area contributed by atoms with Gasteiger partial charge in [0.05, 0.1) is 4.90 Å². The van der Waals surface area contributed by atoms with Crippen LogP contribution in [0.5, 0.6) is 0 Å². The maximum atomic E-state index is 12.7. The zero-order chi connectivity index (χ0) is 31.4. The summed E-state index contributed by atoms with van der Waals surface area (Å²) in [6.45, 7) is 10.4. The number of benzene rings is 2. The SMILES string of the molecule is CCCCC(CC)CNc1cc(NCC(CC)CCCC)cc(Nc2ccc(S(=O)(=O)NS(=O)(=O)C(F)(F)F)cc2)c1. The van der Waals surface area contributed by atoms with Crippen molar-refractivity contribution < 1.29 is 30.0 Å². The summed E-state index contributed by atoms with van der Waals surface area (Å²) in [4.78, 5) is -0.617. The zero-order valence-electron chi connectivity index (χ0n) is 24.9. The number of rotatable bonds is 19. The number of anilines is 4. The van der Waals surface area contributed by atoms with Crippen molar-refractivity contribution in [3.63, 3.8) is 0 Å². The van der Waals surface area contributed by atoms with E-state index in [9.17, 15) is 30.0 Å². The summed E-state index contributed by atoms with van der Waals surface area (Å²) in [5, 5.41) is 10.3. The van der Waals surface area contributed by atoms with Crippen molar-refractivity contribution in [1.82, 2.24) is 4.13 Å². The highest BCUT2D eigenvalue weighted by Gasteiger charge is 2.48. The second-order valence-corrected chi connectivity index (χ2v) is 14.2. The fourth-order valence-electron chi connectivity index (χ4n) is 4.44. The highest BCUT2D eigenvalue weighted by atomic mass is 32.3. The summed E-state index contributed by atoms with van der Waals surface area (Å²) in [5.74, 6) is 1.08. The quantitative estimate of drug-likeness (QED) is 0.125. The predicted molar refractivity (Wildman–Crippen MR) is 165 cm³/mol. The van der Waals surface area contributed by atoms with E-state index in [-0.39, 0.29) is 0 Å². The number of hydrogen-bond acceptors (Lipinski definition) is 7. The first-order valence-corrected chi connectivity index (χ1v) is 17.6. The van der Waals surface area contributed by atoms with Crippen molar-refractivity contribution in [2.24, 2.45) is 11.8 Å². The Morgan fingerprint density at radius 2 is 1.14 bits per heavy atom. The number of halogens is 3. The van der Waals surface area contributed by atoms with Gasteiger partial charge in [0.1, 0.15) is 0 Å². The molecule has 0 aromatic heterocycles. The van der Waals surface area contributed by atoms with Crippen LogP contribution >= 0.6 is 0 Å². The Bertz CT molecular complexity index is 1280. The first-order chi connectivity index (χ1) is 19.7. The molecule has 2 atom stereocenters. The van der Waals surface area contributed by atoms with Gasteiger partial charge in [-0.05, 0) is 67.1 Å². The molecule has 0 radical (unpaired) electrons. The fourth-order valence-corrected chi connectivity index (χ4v) is 6.85. The van der Waals surface area contributed by atoms with E-state index < -0.39 is 30.5 Å². The van der Waals surface area contributed by atoms with Gasteiger partial charge in [-0.1, -0.05) is 70.3 Å². The van der Waals surface area contributed by atoms with Crippen molar-refractivity contribution in [3.05, 3.63) is 42.5 Å². The molecule has 0 saturated carbocycles. The van der Waals surface area contributed by atoms with Crippen LogP contribution in [-0.4, -0.2) is 35.4 Å². The van der Waals surface area contributed by atoms with E-state index in [0.29, 0.717) is 17.5 Å². The molecule has 0 aliphatic heterocycles. The third kappa shape index (κ3) is 11.3. The van der Waals surface area contributed by atoms with Crippen molar-refractivity contribution in [2.45, 2.75) is 89.5 Å². The Hall–Kier alpha value is -2.51. The van der Waals surface area contributed by atoms with Crippen LogP contribution in [0.4, 0.5) is 35.9 Å². The minimum Gasteiger partial charge on any atom is -0.385 e. The van der Waals surface area contributed by atoms with Crippen LogP contribution < -0.4 is 20.1 Å². The molecular formula is C29H45F3N4O4S2. The van der Waals surface area contributed by atoms with E-state index in [4.69, 9.17) is 0 Å². The molecule has 0 aliphatic carbocycles. The van der Waals surface area contributed by atoms with Gasteiger partial charge in [-0.25, -0.2) is 16.8 Å². The van der Waals surface area contributed by atoms with Crippen molar-refractivity contribution in [3.8, 4) is 0 Å². The van der Waals surface area contributed by atoms with Crippen LogP contribution in [0.25, 0.3) is 0 Å². The van der Waals surface area contributed by atoms with Gasteiger partial charge in [0, 0.05) is 35.8 Å². The first-order valence-electron chi connectivity index (χ1n) is 14.6. The van der Waals surface area contributed by atoms with Gasteiger partial charge >= 0.3 is 15.5 Å². The Balaban J connectivity index is 2.26. The Morgan fingerprint density at radius 1 is 0.690 bits per heavy atom. The number of alkyl halides is 3. The van der Waals surface area contributed by atoms with E-state index >= 15 is 0 Å². The van der Waals surface area contributed by atoms with Gasteiger partial charge in [0.25, 0.3) is 10.0 Å². The summed E-state index contributed by atoms with van der Waals surface area (Å²) in [6, 6.07) is 10.7. The van der Waals surface area contributed by atoms with Crippen LogP contribution in [0.1, 0.15) is 79.1 Å². The summed E-state index contributed by atoms with van der Waals surface area (Å²) >= 11 is 0. The minimum absolute atomic E-state index is 0.472. The monoisotopic (exact) mass is 634 g/mol. The normalized spacial score (nSPS) is 13.9. The van der Waals surface area contributed by atoms with E-state index in [1.807, 2.05) is 12.1 Å². The van der Waals surface area contributed by atoms with Gasteiger partial charge in [-0.15, -0.1) is 0 Å². The molecule has 2 unspecified atom stereocenters. The van der Waals surface area contributed by atoms with Gasteiger partial charge < -0.3 is 16.0 Å². The van der Waals surface area contributed by atoms with Gasteiger partial charge in [0.2, 0.25) is 0 Å². The maximum Gasteiger partial charge on any atom is 0.512 e. The average molecular weight is 635 g/mol. The highest BCUT2D eigenvalue weighted by molar-refractivity contribution is 8.05. The molecule has 0 spiro atoms. The molecule has 2 aromatic carbocycles. The van der Waals surface area contributed by atoms with Crippen LogP contribution in [0.2, 0.25) is 0 Å². The lowest BCUT2D eigenvalue weighted by Crippen LogP contribution is -2.40. The molecule has 2 rings (SSSR count). The molecule has 13 heteroatoms. The summed E-state index contributed by atoms with van der Waals surface area (Å²) in [5.41, 5.74) is -2.73. The lowest BCUT2D eigenvalue weighted by molar-refractivity contribution is -0.0441. The lowest BCUT2D eigenvalue weighted by atomic mass is 9.99. The molecule has 0 fully saturated rings. The molecule has 0 amide bonds. The van der Waals surface area contributed by atoms with Crippen molar-refractivity contribution in [2.75, 3.05) is 29.0 Å². The highest BCUT2D eigenvalue weighted by Crippen LogP contribution is 2.29. The van der Waals surface area contributed by atoms with Gasteiger partial charge in [-0.3, -0.25) is 0 Å². The molecule has 238 valence electrons. The third-order valence-corrected chi connectivity index (χ3v) is 10.4. The standard InChI is InChI=1S/C29H45F3N4O4S2/c1-5-9-11-22(7-3)20-33-25-17-26(34-21-23(8-4)12-10-6-2)19-27(18-25)35-24-13-15-28(16-14-24)41(37,38)36-42(39,40)29(30,31)32/h13-19,22-23,33-36H,5-12,20-21H2,1-4H3. The molecule has 2 aromatic rings. The molecular weight excluding hydrogens is 589 g/mol. The minimum atomic E-state index is -6.08. The molecule has 0 aliphatic rings. The Morgan fingerprint density at radius 3 is 1.55 bits per heavy atom. The van der Waals surface area contributed by atoms with Gasteiger partial charge in [0.15, 0.2) is 0 Å². The summed E-state index contributed by atoms with van der Waals surface area (Å²) in [6.07, 6.45) is 9.08. The number of unbranched alkanes of at least 4 members (excludes halogenated alkanes) is 2. The molecule has 4 N–H and O–H groups in total. The number of nitrogens with one attached hydrogen (secondary N) is 4. The van der Waals surface area contributed by atoms with E-state index in [1.54, 1.807) is 0 Å². The summed E-state index contributed by atoms with van der Waals surface area (Å²) in [7, 11) is -11.0. The Labute approximate surface area is 249 Å². The van der Waals surface area contributed by atoms with Crippen LogP contribution in [0.3, 0.4) is 0 Å². The predicted octanol–water partition coefficient (Wildman–Crippen LogP) is 7.81. The maximum absolute atomic E-state index is 12.7. The number of sulfonamides is 2. The molecule has 8 nitrogen and oxygen atoms in total. The van der Waals surface area contributed by atoms with Crippen LogP contribution in [0, 0.1) is 11.8 Å². The second-order valence-electron chi connectivity index (χ2n) is 10.6. The number of hydrogen-bond donors (Lipinski definition) is 4. The smallest absolute Gasteiger partial charge is 0.385 e. The van der Waals surface area contributed by atoms with Crippen LogP contribution in [0.15, 0.2) is 47.4 Å². The topological polar surface area (TPSA) is 116 Å². The zero-order valence-corrected chi connectivity index (χ0v) is 26.5. The lowest BCUT2D eigenvalue weighted by Gasteiger charge is -2.20. The second kappa shape index (κ2) is 16.4. The van der Waals surface area contributed by atoms with E-state index in [0.717, 1.165) is 84.9 Å². The van der Waals surface area contributed by atoms with Crippen LogP contribution in [-0.2, 0) is 20.0 Å². The largest absolute Gasteiger partial charge is 0.512 e. The first kappa shape index (κ1) is 35.7.